The molecule has 4 rings (SSSR count). The molecule has 0 unspecified atom stereocenters. The number of piperazine rings is 1. The summed E-state index contributed by atoms with van der Waals surface area (Å²) in [7, 11) is 3.95. The summed E-state index contributed by atoms with van der Waals surface area (Å²) in [6.45, 7) is 2.80. The first kappa shape index (κ1) is 17.1. The molecule has 2 aromatic heterocycles. The van der Waals surface area contributed by atoms with E-state index < -0.39 is 0 Å². The van der Waals surface area contributed by atoms with Crippen LogP contribution in [0.25, 0.3) is 10.9 Å². The van der Waals surface area contributed by atoms with E-state index in [2.05, 4.69) is 37.0 Å². The summed E-state index contributed by atoms with van der Waals surface area (Å²) >= 11 is 0. The van der Waals surface area contributed by atoms with Gasteiger partial charge >= 0.3 is 0 Å². The highest BCUT2D eigenvalue weighted by Gasteiger charge is 2.24. The van der Waals surface area contributed by atoms with Gasteiger partial charge in [0.1, 0.15) is 12.1 Å². The summed E-state index contributed by atoms with van der Waals surface area (Å²) in [6.07, 6.45) is 4.78. The van der Waals surface area contributed by atoms with Crippen LogP contribution in [0.2, 0.25) is 0 Å². The third-order valence-electron chi connectivity index (χ3n) is 4.71. The number of carbonyl (C=O) groups is 1. The van der Waals surface area contributed by atoms with Crippen LogP contribution in [0.4, 0.5) is 11.5 Å². The maximum absolute atomic E-state index is 12.5. The van der Waals surface area contributed by atoms with Crippen LogP contribution in [0.15, 0.2) is 43.0 Å². The minimum absolute atomic E-state index is 0.114. The fourth-order valence-electron chi connectivity index (χ4n) is 3.30. The zero-order chi connectivity index (χ0) is 18.8. The van der Waals surface area contributed by atoms with E-state index in [0.717, 1.165) is 35.5 Å². The number of amides is 1. The number of anilines is 2. The van der Waals surface area contributed by atoms with Crippen LogP contribution in [-0.2, 0) is 0 Å². The van der Waals surface area contributed by atoms with Crippen LogP contribution in [0.5, 0.6) is 0 Å². The highest BCUT2D eigenvalue weighted by molar-refractivity contribution is 5.92. The Morgan fingerprint density at radius 1 is 1.00 bits per heavy atom. The molecule has 1 aliphatic rings. The van der Waals surface area contributed by atoms with Gasteiger partial charge in [-0.1, -0.05) is 0 Å². The number of aromatic nitrogens is 4. The SMILES string of the molecule is CN(C)c1ncnc2ccc(N3CCN(C(=O)c4ncccn4)CC3)cc12. The van der Waals surface area contributed by atoms with Crippen molar-refractivity contribution in [2.24, 2.45) is 0 Å². The highest BCUT2D eigenvalue weighted by atomic mass is 16.2. The van der Waals surface area contributed by atoms with Crippen molar-refractivity contribution in [2.75, 3.05) is 50.1 Å². The van der Waals surface area contributed by atoms with Crippen molar-refractivity contribution in [1.82, 2.24) is 24.8 Å². The Morgan fingerprint density at radius 3 is 2.44 bits per heavy atom. The average Bonchev–Trinajstić information content (AvgIpc) is 2.73. The van der Waals surface area contributed by atoms with Gasteiger partial charge in [-0.05, 0) is 24.3 Å². The van der Waals surface area contributed by atoms with Gasteiger partial charge < -0.3 is 14.7 Å². The fourth-order valence-corrected chi connectivity index (χ4v) is 3.30. The molecule has 1 saturated heterocycles. The van der Waals surface area contributed by atoms with Gasteiger partial charge in [-0.2, -0.15) is 0 Å². The van der Waals surface area contributed by atoms with Gasteiger partial charge in [0.2, 0.25) is 5.82 Å². The quantitative estimate of drug-likeness (QED) is 0.697. The van der Waals surface area contributed by atoms with Gasteiger partial charge in [0.15, 0.2) is 0 Å². The Balaban J connectivity index is 1.51. The minimum Gasteiger partial charge on any atom is -0.368 e. The smallest absolute Gasteiger partial charge is 0.291 e. The first-order valence-corrected chi connectivity index (χ1v) is 8.87. The van der Waals surface area contributed by atoms with Crippen molar-refractivity contribution in [3.63, 3.8) is 0 Å². The predicted molar refractivity (Wildman–Crippen MR) is 104 cm³/mol. The molecule has 0 atom stereocenters. The summed E-state index contributed by atoms with van der Waals surface area (Å²) in [6, 6.07) is 7.93. The lowest BCUT2D eigenvalue weighted by atomic mass is 10.1. The lowest BCUT2D eigenvalue weighted by Gasteiger charge is -2.36. The molecule has 3 aromatic rings. The van der Waals surface area contributed by atoms with Crippen LogP contribution >= 0.6 is 0 Å². The summed E-state index contributed by atoms with van der Waals surface area (Å²) in [5.74, 6) is 1.04. The molecule has 0 radical (unpaired) electrons. The Hall–Kier alpha value is -3.29. The van der Waals surface area contributed by atoms with Crippen LogP contribution < -0.4 is 9.80 Å². The molecule has 3 heterocycles. The molecular formula is C19H21N7O. The average molecular weight is 363 g/mol. The second-order valence-electron chi connectivity index (χ2n) is 6.64. The molecule has 0 aliphatic carbocycles. The lowest BCUT2D eigenvalue weighted by Crippen LogP contribution is -2.49. The van der Waals surface area contributed by atoms with Gasteiger partial charge in [0, 0.05) is 63.7 Å². The Kier molecular flexibility index (Phi) is 4.53. The Morgan fingerprint density at radius 2 is 1.74 bits per heavy atom. The number of carbonyl (C=O) groups excluding carboxylic acids is 1. The Labute approximate surface area is 157 Å². The molecule has 27 heavy (non-hydrogen) atoms. The Bertz CT molecular complexity index is 953. The molecule has 1 aliphatic heterocycles. The standard InChI is InChI=1S/C19H21N7O/c1-24(2)18-15-12-14(4-5-16(15)22-13-23-18)25-8-10-26(11-9-25)19(27)17-20-6-3-7-21-17/h3-7,12-13H,8-11H2,1-2H3. The molecule has 1 aromatic carbocycles. The second kappa shape index (κ2) is 7.14. The second-order valence-corrected chi connectivity index (χ2v) is 6.64. The third-order valence-corrected chi connectivity index (χ3v) is 4.71. The van der Waals surface area contributed by atoms with Crippen LogP contribution in [0.3, 0.4) is 0 Å². The van der Waals surface area contributed by atoms with E-state index in [-0.39, 0.29) is 11.7 Å². The van der Waals surface area contributed by atoms with Crippen molar-refractivity contribution in [2.45, 2.75) is 0 Å². The number of hydrogen-bond donors (Lipinski definition) is 0. The molecule has 8 heteroatoms. The van der Waals surface area contributed by atoms with Gasteiger partial charge in [-0.15, -0.1) is 0 Å². The summed E-state index contributed by atoms with van der Waals surface area (Å²) in [5, 5.41) is 1.02. The molecule has 0 N–H and O–H groups in total. The van der Waals surface area contributed by atoms with Crippen molar-refractivity contribution < 1.29 is 4.79 Å². The molecule has 0 saturated carbocycles. The number of fused-ring (bicyclic) bond motifs is 1. The molecular weight excluding hydrogens is 342 g/mol. The van der Waals surface area contributed by atoms with E-state index >= 15 is 0 Å². The molecule has 1 amide bonds. The maximum Gasteiger partial charge on any atom is 0.291 e. The lowest BCUT2D eigenvalue weighted by molar-refractivity contribution is 0.0734. The summed E-state index contributed by atoms with van der Waals surface area (Å²) in [5.41, 5.74) is 2.04. The maximum atomic E-state index is 12.5. The number of rotatable bonds is 3. The summed E-state index contributed by atoms with van der Waals surface area (Å²) in [4.78, 5) is 35.4. The van der Waals surface area contributed by atoms with Gasteiger partial charge in [-0.25, -0.2) is 19.9 Å². The molecule has 0 bridgehead atoms. The highest BCUT2D eigenvalue weighted by Crippen LogP contribution is 2.27. The van der Waals surface area contributed by atoms with E-state index in [0.29, 0.717) is 13.1 Å². The van der Waals surface area contributed by atoms with Crippen LogP contribution in [0.1, 0.15) is 10.6 Å². The van der Waals surface area contributed by atoms with Crippen molar-refractivity contribution in [3.8, 4) is 0 Å². The zero-order valence-electron chi connectivity index (χ0n) is 15.4. The van der Waals surface area contributed by atoms with E-state index in [1.165, 1.54) is 0 Å². The molecule has 138 valence electrons. The number of benzene rings is 1. The van der Waals surface area contributed by atoms with E-state index in [1.54, 1.807) is 29.7 Å². The number of nitrogens with zero attached hydrogens (tertiary/aromatic N) is 7. The molecule has 8 nitrogen and oxygen atoms in total. The third kappa shape index (κ3) is 3.38. The van der Waals surface area contributed by atoms with E-state index in [1.807, 2.05) is 25.1 Å². The van der Waals surface area contributed by atoms with Gasteiger partial charge in [0.25, 0.3) is 5.91 Å². The first-order chi connectivity index (χ1) is 13.1. The van der Waals surface area contributed by atoms with E-state index in [4.69, 9.17) is 0 Å². The monoisotopic (exact) mass is 363 g/mol. The van der Waals surface area contributed by atoms with Crippen LogP contribution in [-0.4, -0.2) is 71.0 Å². The minimum atomic E-state index is -0.114. The first-order valence-electron chi connectivity index (χ1n) is 8.87. The normalized spacial score (nSPS) is 14.4. The number of hydrogen-bond acceptors (Lipinski definition) is 7. The zero-order valence-corrected chi connectivity index (χ0v) is 15.4. The van der Waals surface area contributed by atoms with E-state index in [9.17, 15) is 4.79 Å². The van der Waals surface area contributed by atoms with Crippen molar-refractivity contribution in [1.29, 1.82) is 0 Å². The fraction of sp³-hybridized carbons (Fsp3) is 0.316. The molecule has 0 spiro atoms. The molecule has 1 fully saturated rings. The van der Waals surface area contributed by atoms with Crippen LogP contribution in [0, 0.1) is 0 Å². The van der Waals surface area contributed by atoms with Crippen molar-refractivity contribution in [3.05, 3.63) is 48.8 Å². The van der Waals surface area contributed by atoms with Crippen molar-refractivity contribution >= 4 is 28.3 Å². The predicted octanol–water partition coefficient (Wildman–Crippen LogP) is 1.45. The van der Waals surface area contributed by atoms with Gasteiger partial charge in [-0.3, -0.25) is 4.79 Å². The summed E-state index contributed by atoms with van der Waals surface area (Å²) < 4.78 is 0. The van der Waals surface area contributed by atoms with Gasteiger partial charge in [0.05, 0.1) is 5.52 Å². The largest absolute Gasteiger partial charge is 0.368 e. The topological polar surface area (TPSA) is 78.4 Å².